The summed E-state index contributed by atoms with van der Waals surface area (Å²) in [6, 6.07) is -1.49. The Labute approximate surface area is 107 Å². The first-order valence-corrected chi connectivity index (χ1v) is 5.73. The molecule has 0 rings (SSSR count). The summed E-state index contributed by atoms with van der Waals surface area (Å²) in [5.41, 5.74) is 0.313. The van der Waals surface area contributed by atoms with Gasteiger partial charge in [-0.2, -0.15) is 0 Å². The molecular formula is C12H20N2O4. The van der Waals surface area contributed by atoms with Gasteiger partial charge in [0.1, 0.15) is 12.1 Å². The molecular weight excluding hydrogens is 236 g/mol. The zero-order valence-corrected chi connectivity index (χ0v) is 11.2. The van der Waals surface area contributed by atoms with Crippen molar-refractivity contribution in [3.05, 3.63) is 12.2 Å². The summed E-state index contributed by atoms with van der Waals surface area (Å²) in [5.74, 6) is -1.36. The van der Waals surface area contributed by atoms with Gasteiger partial charge in [-0.15, -0.1) is 0 Å². The second-order valence-corrected chi connectivity index (χ2v) is 3.96. The Morgan fingerprint density at radius 3 is 2.17 bits per heavy atom. The lowest BCUT2D eigenvalue weighted by Gasteiger charge is -2.17. The topological polar surface area (TPSA) is 84.5 Å². The van der Waals surface area contributed by atoms with Gasteiger partial charge in [0.05, 0.1) is 6.61 Å². The molecule has 18 heavy (non-hydrogen) atoms. The molecule has 102 valence electrons. The summed E-state index contributed by atoms with van der Waals surface area (Å²) < 4.78 is 4.75. The van der Waals surface area contributed by atoms with E-state index in [0.29, 0.717) is 5.57 Å². The molecule has 0 aliphatic carbocycles. The summed E-state index contributed by atoms with van der Waals surface area (Å²) >= 11 is 0. The third-order valence-electron chi connectivity index (χ3n) is 2.13. The molecule has 0 radical (unpaired) electrons. The lowest BCUT2D eigenvalue weighted by atomic mass is 10.2. The summed E-state index contributed by atoms with van der Waals surface area (Å²) in [6.07, 6.45) is 0. The van der Waals surface area contributed by atoms with E-state index >= 15 is 0 Å². The van der Waals surface area contributed by atoms with E-state index in [4.69, 9.17) is 4.74 Å². The number of nitrogens with one attached hydrogen (secondary N) is 2. The predicted octanol–water partition coefficient (Wildman–Crippen LogP) is 0.135. The van der Waals surface area contributed by atoms with E-state index in [-0.39, 0.29) is 6.61 Å². The minimum Gasteiger partial charge on any atom is -0.464 e. The van der Waals surface area contributed by atoms with Crippen LogP contribution in [-0.4, -0.2) is 36.5 Å². The fourth-order valence-electron chi connectivity index (χ4n) is 1.05. The number of rotatable bonds is 6. The molecule has 0 unspecified atom stereocenters. The average molecular weight is 256 g/mol. The number of hydrogen-bond donors (Lipinski definition) is 2. The van der Waals surface area contributed by atoms with E-state index in [1.54, 1.807) is 13.8 Å². The highest BCUT2D eigenvalue weighted by Crippen LogP contribution is 1.93. The number of carbonyl (C=O) groups excluding carboxylic acids is 3. The fraction of sp³-hybridized carbons (Fsp3) is 0.583. The largest absolute Gasteiger partial charge is 0.464 e. The van der Waals surface area contributed by atoms with Crippen molar-refractivity contribution < 1.29 is 19.1 Å². The van der Waals surface area contributed by atoms with Gasteiger partial charge < -0.3 is 15.4 Å². The van der Waals surface area contributed by atoms with Gasteiger partial charge in [-0.3, -0.25) is 9.59 Å². The van der Waals surface area contributed by atoms with Crippen LogP contribution in [0.4, 0.5) is 0 Å². The third kappa shape index (κ3) is 5.47. The van der Waals surface area contributed by atoms with Gasteiger partial charge in [0, 0.05) is 5.57 Å². The van der Waals surface area contributed by atoms with E-state index in [0.717, 1.165) is 0 Å². The van der Waals surface area contributed by atoms with Crippen LogP contribution in [-0.2, 0) is 19.1 Å². The lowest BCUT2D eigenvalue weighted by Crippen LogP contribution is -2.49. The Morgan fingerprint density at radius 2 is 1.72 bits per heavy atom. The molecule has 0 bridgehead atoms. The first-order chi connectivity index (χ1) is 8.29. The van der Waals surface area contributed by atoms with Crippen LogP contribution in [0, 0.1) is 0 Å². The van der Waals surface area contributed by atoms with Crippen molar-refractivity contribution in [1.29, 1.82) is 0 Å². The Balaban J connectivity index is 4.27. The molecule has 6 nitrogen and oxygen atoms in total. The van der Waals surface area contributed by atoms with E-state index in [1.165, 1.54) is 13.8 Å². The number of esters is 1. The molecule has 0 aliphatic heterocycles. The monoisotopic (exact) mass is 256 g/mol. The van der Waals surface area contributed by atoms with Crippen LogP contribution >= 0.6 is 0 Å². The van der Waals surface area contributed by atoms with Crippen LogP contribution in [0.3, 0.4) is 0 Å². The molecule has 2 N–H and O–H groups in total. The van der Waals surface area contributed by atoms with Crippen molar-refractivity contribution in [2.75, 3.05) is 6.61 Å². The van der Waals surface area contributed by atoms with Crippen molar-refractivity contribution in [2.45, 2.75) is 39.8 Å². The second-order valence-electron chi connectivity index (χ2n) is 3.96. The van der Waals surface area contributed by atoms with Crippen LogP contribution in [0.1, 0.15) is 27.7 Å². The highest BCUT2D eigenvalue weighted by atomic mass is 16.5. The van der Waals surface area contributed by atoms with Gasteiger partial charge in [0.25, 0.3) is 0 Å². The Morgan fingerprint density at radius 1 is 1.17 bits per heavy atom. The van der Waals surface area contributed by atoms with Crippen LogP contribution in [0.2, 0.25) is 0 Å². The summed E-state index contributed by atoms with van der Waals surface area (Å²) in [6.45, 7) is 9.98. The Hall–Kier alpha value is -1.85. The van der Waals surface area contributed by atoms with E-state index in [9.17, 15) is 14.4 Å². The van der Waals surface area contributed by atoms with Crippen molar-refractivity contribution >= 4 is 17.8 Å². The molecule has 6 heteroatoms. The van der Waals surface area contributed by atoms with Crippen molar-refractivity contribution in [1.82, 2.24) is 10.6 Å². The maximum atomic E-state index is 11.7. The highest BCUT2D eigenvalue weighted by Gasteiger charge is 2.21. The standard InChI is InChI=1S/C12H20N2O4/c1-6-18-12(17)9(5)14-11(16)8(4)13-10(15)7(2)3/h8-9H,2,6H2,1,3-5H3,(H,13,15)(H,14,16)/t8-,9-/m0/s1. The normalized spacial score (nSPS) is 13.1. The maximum Gasteiger partial charge on any atom is 0.328 e. The van der Waals surface area contributed by atoms with Crippen LogP contribution in [0.5, 0.6) is 0 Å². The van der Waals surface area contributed by atoms with Crippen LogP contribution < -0.4 is 10.6 Å². The highest BCUT2D eigenvalue weighted by molar-refractivity contribution is 5.96. The number of ether oxygens (including phenoxy) is 1. The molecule has 2 amide bonds. The SMILES string of the molecule is C=C(C)C(=O)N[C@@H](C)C(=O)N[C@@H](C)C(=O)OCC. The summed E-state index contributed by atoms with van der Waals surface area (Å²) in [4.78, 5) is 34.2. The van der Waals surface area contributed by atoms with Crippen molar-refractivity contribution in [2.24, 2.45) is 0 Å². The van der Waals surface area contributed by atoms with Gasteiger partial charge in [-0.1, -0.05) is 6.58 Å². The molecule has 0 fully saturated rings. The lowest BCUT2D eigenvalue weighted by molar-refractivity contribution is -0.147. The summed E-state index contributed by atoms with van der Waals surface area (Å²) in [5, 5.41) is 4.90. The quantitative estimate of drug-likeness (QED) is 0.523. The maximum absolute atomic E-state index is 11.7. The minimum atomic E-state index is -0.748. The van der Waals surface area contributed by atoms with Crippen molar-refractivity contribution in [3.8, 4) is 0 Å². The smallest absolute Gasteiger partial charge is 0.328 e. The molecule has 0 saturated carbocycles. The zero-order valence-electron chi connectivity index (χ0n) is 11.2. The van der Waals surface area contributed by atoms with Crippen LogP contribution in [0.25, 0.3) is 0 Å². The minimum absolute atomic E-state index is 0.251. The number of amides is 2. The first-order valence-electron chi connectivity index (χ1n) is 5.73. The Bertz CT molecular complexity index is 352. The van der Waals surface area contributed by atoms with Gasteiger partial charge >= 0.3 is 5.97 Å². The third-order valence-corrected chi connectivity index (χ3v) is 2.13. The van der Waals surface area contributed by atoms with Gasteiger partial charge in [-0.25, -0.2) is 4.79 Å². The van der Waals surface area contributed by atoms with Crippen molar-refractivity contribution in [3.63, 3.8) is 0 Å². The zero-order chi connectivity index (χ0) is 14.3. The predicted molar refractivity (Wildman–Crippen MR) is 66.7 cm³/mol. The first kappa shape index (κ1) is 16.1. The average Bonchev–Trinajstić information content (AvgIpc) is 2.28. The second kappa shape index (κ2) is 7.47. The van der Waals surface area contributed by atoms with E-state index in [1.807, 2.05) is 0 Å². The fourth-order valence-corrected chi connectivity index (χ4v) is 1.05. The molecule has 0 saturated heterocycles. The molecule has 0 aliphatic rings. The summed E-state index contributed by atoms with van der Waals surface area (Å²) in [7, 11) is 0. The van der Waals surface area contributed by atoms with Gasteiger partial charge in [0.15, 0.2) is 0 Å². The van der Waals surface area contributed by atoms with Gasteiger partial charge in [-0.05, 0) is 27.7 Å². The van der Waals surface area contributed by atoms with Gasteiger partial charge in [0.2, 0.25) is 11.8 Å². The molecule has 2 atom stereocenters. The molecule has 0 aromatic carbocycles. The van der Waals surface area contributed by atoms with E-state index in [2.05, 4.69) is 17.2 Å². The van der Waals surface area contributed by atoms with E-state index < -0.39 is 29.9 Å². The molecule has 0 spiro atoms. The van der Waals surface area contributed by atoms with Crippen LogP contribution in [0.15, 0.2) is 12.2 Å². The number of carbonyl (C=O) groups is 3. The molecule has 0 aromatic rings. The molecule has 0 aromatic heterocycles. The number of hydrogen-bond acceptors (Lipinski definition) is 4. The Kier molecular flexibility index (Phi) is 6.70. The molecule has 0 heterocycles.